The predicted molar refractivity (Wildman–Crippen MR) is 97.0 cm³/mol. The van der Waals surface area contributed by atoms with E-state index in [0.29, 0.717) is 22.8 Å². The number of carbonyl (C=O) groups is 2. The number of amides is 2. The number of aromatic nitrogens is 3. The van der Waals surface area contributed by atoms with Gasteiger partial charge in [-0.2, -0.15) is 5.10 Å². The van der Waals surface area contributed by atoms with E-state index in [0.717, 1.165) is 0 Å². The molecule has 8 nitrogen and oxygen atoms in total. The van der Waals surface area contributed by atoms with E-state index in [1.807, 2.05) is 30.3 Å². The number of H-pyrrole nitrogens is 1. The Kier molecular flexibility index (Phi) is 4.28. The van der Waals surface area contributed by atoms with E-state index in [-0.39, 0.29) is 5.69 Å². The lowest BCUT2D eigenvalue weighted by Crippen LogP contribution is -2.42. The molecule has 0 aliphatic carbocycles. The number of para-hydroxylation sites is 1. The third-order valence-electron chi connectivity index (χ3n) is 3.85. The lowest BCUT2D eigenvalue weighted by atomic mass is 10.3. The van der Waals surface area contributed by atoms with Crippen LogP contribution in [0, 0.1) is 0 Å². The van der Waals surface area contributed by atoms with Crippen LogP contribution in [0.2, 0.25) is 0 Å². The fraction of sp³-hybridized carbons (Fsp3) is 0. The van der Waals surface area contributed by atoms with Gasteiger partial charge in [0.25, 0.3) is 11.8 Å². The average Bonchev–Trinajstić information content (AvgIpc) is 3.47. The van der Waals surface area contributed by atoms with Crippen LogP contribution in [0.4, 0.5) is 0 Å². The van der Waals surface area contributed by atoms with Gasteiger partial charge in [0.15, 0.2) is 5.76 Å². The van der Waals surface area contributed by atoms with Gasteiger partial charge in [-0.3, -0.25) is 20.4 Å². The molecule has 0 unspecified atom stereocenters. The van der Waals surface area contributed by atoms with E-state index in [2.05, 4.69) is 20.9 Å². The average molecular weight is 361 g/mol. The summed E-state index contributed by atoms with van der Waals surface area (Å²) in [6.07, 6.45) is 3.16. The summed E-state index contributed by atoms with van der Waals surface area (Å²) in [5.74, 6) is -0.427. The smallest absolute Gasteiger partial charge is 0.288 e. The fourth-order valence-corrected chi connectivity index (χ4v) is 2.57. The predicted octanol–water partition coefficient (Wildman–Crippen LogP) is 2.54. The maximum absolute atomic E-state index is 12.7. The van der Waals surface area contributed by atoms with Crippen LogP contribution < -0.4 is 10.9 Å². The molecule has 4 rings (SSSR count). The van der Waals surface area contributed by atoms with Crippen molar-refractivity contribution in [1.82, 2.24) is 25.6 Å². The van der Waals surface area contributed by atoms with Crippen LogP contribution in [-0.2, 0) is 0 Å². The van der Waals surface area contributed by atoms with Crippen LogP contribution in [-0.4, -0.2) is 26.6 Å². The third kappa shape index (κ3) is 3.36. The maximum Gasteiger partial charge on any atom is 0.288 e. The Bertz CT molecular complexity index is 1050. The van der Waals surface area contributed by atoms with Crippen molar-refractivity contribution in [3.63, 3.8) is 0 Å². The zero-order chi connectivity index (χ0) is 18.6. The van der Waals surface area contributed by atoms with Crippen molar-refractivity contribution in [2.24, 2.45) is 0 Å². The first-order valence-corrected chi connectivity index (χ1v) is 8.16. The quantitative estimate of drug-likeness (QED) is 0.486. The molecule has 1 aromatic carbocycles. The molecule has 0 spiro atoms. The number of nitrogens with one attached hydrogen (secondary N) is 3. The summed E-state index contributed by atoms with van der Waals surface area (Å²) in [5, 5.41) is 4.46. The summed E-state index contributed by atoms with van der Waals surface area (Å²) >= 11 is 0. The summed E-state index contributed by atoms with van der Waals surface area (Å²) in [6, 6.07) is 17.6. The van der Waals surface area contributed by atoms with Crippen molar-refractivity contribution in [3.8, 4) is 17.1 Å². The standard InChI is InChI=1S/C19H15N5O3/c25-18(14-8-4-10-20-14)21-22-19(26)16-12-15(17-9-5-11-27-17)23-24(16)13-6-2-1-3-7-13/h1-12,20H,(H,21,25)(H,22,26). The Morgan fingerprint density at radius 3 is 2.48 bits per heavy atom. The van der Waals surface area contributed by atoms with Crippen LogP contribution in [0.3, 0.4) is 0 Å². The molecule has 3 heterocycles. The van der Waals surface area contributed by atoms with E-state index in [1.165, 1.54) is 10.9 Å². The molecule has 2 amide bonds. The molecule has 0 fully saturated rings. The van der Waals surface area contributed by atoms with Gasteiger partial charge in [0.2, 0.25) is 0 Å². The molecule has 3 aromatic heterocycles. The monoisotopic (exact) mass is 361 g/mol. The molecular formula is C19H15N5O3. The Morgan fingerprint density at radius 2 is 1.78 bits per heavy atom. The van der Waals surface area contributed by atoms with Gasteiger partial charge >= 0.3 is 0 Å². The van der Waals surface area contributed by atoms with Crippen molar-refractivity contribution < 1.29 is 14.0 Å². The first-order valence-electron chi connectivity index (χ1n) is 8.16. The van der Waals surface area contributed by atoms with Crippen LogP contribution in [0.1, 0.15) is 21.0 Å². The largest absolute Gasteiger partial charge is 0.463 e. The number of carbonyl (C=O) groups excluding carboxylic acids is 2. The van der Waals surface area contributed by atoms with Crippen LogP contribution in [0.15, 0.2) is 77.5 Å². The topological polar surface area (TPSA) is 105 Å². The van der Waals surface area contributed by atoms with Gasteiger partial charge in [0.05, 0.1) is 12.0 Å². The zero-order valence-electron chi connectivity index (χ0n) is 14.0. The number of nitrogens with zero attached hydrogens (tertiary/aromatic N) is 2. The SMILES string of the molecule is O=C(NNC(=O)c1cc(-c2ccco2)nn1-c1ccccc1)c1ccc[nH]1. The van der Waals surface area contributed by atoms with Gasteiger partial charge in [-0.1, -0.05) is 18.2 Å². The lowest BCUT2D eigenvalue weighted by Gasteiger charge is -2.09. The molecule has 134 valence electrons. The van der Waals surface area contributed by atoms with E-state index in [1.54, 1.807) is 36.5 Å². The van der Waals surface area contributed by atoms with Gasteiger partial charge in [-0.25, -0.2) is 4.68 Å². The van der Waals surface area contributed by atoms with Gasteiger partial charge in [-0.15, -0.1) is 0 Å². The second-order valence-electron chi connectivity index (χ2n) is 5.63. The summed E-state index contributed by atoms with van der Waals surface area (Å²) in [4.78, 5) is 27.4. The van der Waals surface area contributed by atoms with Crippen molar-refractivity contribution >= 4 is 11.8 Å². The van der Waals surface area contributed by atoms with E-state index in [9.17, 15) is 9.59 Å². The summed E-state index contributed by atoms with van der Waals surface area (Å²) in [7, 11) is 0. The molecule has 0 radical (unpaired) electrons. The van der Waals surface area contributed by atoms with Crippen LogP contribution in [0.25, 0.3) is 17.1 Å². The fourth-order valence-electron chi connectivity index (χ4n) is 2.57. The molecule has 4 aromatic rings. The summed E-state index contributed by atoms with van der Waals surface area (Å²) < 4.78 is 6.86. The van der Waals surface area contributed by atoms with Gasteiger partial charge in [0, 0.05) is 12.3 Å². The van der Waals surface area contributed by atoms with Crippen molar-refractivity contribution in [1.29, 1.82) is 0 Å². The van der Waals surface area contributed by atoms with E-state index in [4.69, 9.17) is 4.42 Å². The highest BCUT2D eigenvalue weighted by Crippen LogP contribution is 2.22. The molecule has 0 saturated heterocycles. The Hall–Kier alpha value is -4.07. The second-order valence-corrected chi connectivity index (χ2v) is 5.63. The van der Waals surface area contributed by atoms with Gasteiger partial charge < -0.3 is 9.40 Å². The molecule has 3 N–H and O–H groups in total. The molecular weight excluding hydrogens is 346 g/mol. The number of hydrogen-bond donors (Lipinski definition) is 3. The van der Waals surface area contributed by atoms with Gasteiger partial charge in [0.1, 0.15) is 17.1 Å². The minimum atomic E-state index is -0.510. The summed E-state index contributed by atoms with van der Waals surface area (Å²) in [6.45, 7) is 0. The highest BCUT2D eigenvalue weighted by Gasteiger charge is 2.19. The third-order valence-corrected chi connectivity index (χ3v) is 3.85. The molecule has 0 aliphatic rings. The Labute approximate surface area is 153 Å². The maximum atomic E-state index is 12.7. The molecule has 27 heavy (non-hydrogen) atoms. The van der Waals surface area contributed by atoms with Crippen molar-refractivity contribution in [2.75, 3.05) is 0 Å². The molecule has 0 atom stereocenters. The molecule has 0 aliphatic heterocycles. The second kappa shape index (κ2) is 7.04. The number of furan rings is 1. The Morgan fingerprint density at radius 1 is 0.963 bits per heavy atom. The first kappa shape index (κ1) is 16.4. The number of aromatic amines is 1. The van der Waals surface area contributed by atoms with Crippen molar-refractivity contribution in [2.45, 2.75) is 0 Å². The minimum Gasteiger partial charge on any atom is -0.463 e. The Balaban J connectivity index is 1.62. The normalized spacial score (nSPS) is 10.5. The van der Waals surface area contributed by atoms with Crippen LogP contribution >= 0.6 is 0 Å². The zero-order valence-corrected chi connectivity index (χ0v) is 14.0. The molecule has 0 bridgehead atoms. The molecule has 8 heteroatoms. The number of hydrazine groups is 1. The van der Waals surface area contributed by atoms with Gasteiger partial charge in [-0.05, 0) is 36.4 Å². The summed E-state index contributed by atoms with van der Waals surface area (Å²) in [5.41, 5.74) is 6.57. The van der Waals surface area contributed by atoms with E-state index >= 15 is 0 Å². The number of benzene rings is 1. The highest BCUT2D eigenvalue weighted by atomic mass is 16.3. The number of hydrogen-bond acceptors (Lipinski definition) is 4. The van der Waals surface area contributed by atoms with Crippen molar-refractivity contribution in [3.05, 3.63) is 84.5 Å². The molecule has 0 saturated carbocycles. The highest BCUT2D eigenvalue weighted by molar-refractivity contribution is 5.98. The minimum absolute atomic E-state index is 0.249. The first-order chi connectivity index (χ1) is 13.2. The lowest BCUT2D eigenvalue weighted by molar-refractivity contribution is 0.0840. The van der Waals surface area contributed by atoms with Crippen LogP contribution in [0.5, 0.6) is 0 Å². The number of rotatable bonds is 4. The van der Waals surface area contributed by atoms with E-state index < -0.39 is 11.8 Å².